The van der Waals surface area contributed by atoms with Crippen LogP contribution in [0.15, 0.2) is 21.9 Å². The van der Waals surface area contributed by atoms with Crippen LogP contribution in [-0.2, 0) is 38.4 Å². The van der Waals surface area contributed by atoms with Gasteiger partial charge >= 0.3 is 16.8 Å². The minimum Gasteiger partial charge on any atom is -0.870 e. The summed E-state index contributed by atoms with van der Waals surface area (Å²) in [5.74, 6) is -0.0333. The molecule has 0 unspecified atom stereocenters. The van der Waals surface area contributed by atoms with E-state index in [2.05, 4.69) is 41.5 Å². The van der Waals surface area contributed by atoms with Crippen molar-refractivity contribution in [3.8, 4) is 23.0 Å². The third-order valence-corrected chi connectivity index (χ3v) is 8.50. The van der Waals surface area contributed by atoms with Crippen LogP contribution in [0.4, 0.5) is 0 Å². The number of phenols is 2. The van der Waals surface area contributed by atoms with Crippen molar-refractivity contribution in [3.63, 3.8) is 0 Å². The summed E-state index contributed by atoms with van der Waals surface area (Å²) in [5, 5.41) is 63.3. The van der Waals surface area contributed by atoms with E-state index in [1.807, 2.05) is 53.7 Å². The average Bonchev–Trinajstić information content (AvgIpc) is 2.78. The van der Waals surface area contributed by atoms with Crippen molar-refractivity contribution < 1.29 is 47.4 Å². The number of thioether (sulfide) groups is 2. The Morgan fingerprint density at radius 3 is 0.976 bits per heavy atom. The Labute approximate surface area is 266 Å². The fourth-order valence-electron chi connectivity index (χ4n) is 4.08. The summed E-state index contributed by atoms with van der Waals surface area (Å²) in [6.45, 7) is 24.2. The van der Waals surface area contributed by atoms with E-state index >= 15 is 0 Å². The Balaban J connectivity index is 0.000000762. The molecule has 2 aromatic carbocycles. The number of benzene rings is 2. The van der Waals surface area contributed by atoms with E-state index in [0.717, 1.165) is 11.1 Å². The van der Waals surface area contributed by atoms with Gasteiger partial charge in [0.15, 0.2) is 0 Å². The van der Waals surface area contributed by atoms with Crippen LogP contribution >= 0.6 is 23.5 Å². The van der Waals surface area contributed by atoms with Crippen molar-refractivity contribution in [1.29, 1.82) is 0 Å². The van der Waals surface area contributed by atoms with Crippen LogP contribution in [0.1, 0.15) is 105 Å². The summed E-state index contributed by atoms with van der Waals surface area (Å²) in [4.78, 5) is 1.20. The van der Waals surface area contributed by atoms with Crippen LogP contribution in [-0.4, -0.2) is 45.1 Å². The molecule has 0 heterocycles. The number of hydrogen-bond acceptors (Lipinski definition) is 8. The molecule has 0 bridgehead atoms. The van der Waals surface area contributed by atoms with E-state index in [0.29, 0.717) is 32.4 Å². The van der Waals surface area contributed by atoms with Crippen LogP contribution in [0.5, 0.6) is 23.0 Å². The Kier molecular flexibility index (Phi) is 14.5. The number of aliphatic hydroxyl groups is 2. The second-order valence-electron chi connectivity index (χ2n) is 14.1. The molecule has 4 N–H and O–H groups in total. The van der Waals surface area contributed by atoms with Crippen molar-refractivity contribution in [2.75, 3.05) is 24.7 Å². The maximum absolute atomic E-state index is 12.4. The van der Waals surface area contributed by atoms with Gasteiger partial charge in [0.2, 0.25) is 0 Å². The first-order valence-electron chi connectivity index (χ1n) is 13.6. The molecule has 235 valence electrons. The maximum Gasteiger partial charge on any atom is 2.00 e. The number of rotatable bonds is 6. The van der Waals surface area contributed by atoms with Crippen molar-refractivity contribution in [2.24, 2.45) is 0 Å². The minimum absolute atomic E-state index is 0. The van der Waals surface area contributed by atoms with Gasteiger partial charge in [-0.1, -0.05) is 107 Å². The van der Waals surface area contributed by atoms with Gasteiger partial charge in [0.25, 0.3) is 0 Å². The molecule has 0 fully saturated rings. The molecule has 0 aromatic heterocycles. The predicted molar refractivity (Wildman–Crippen MR) is 166 cm³/mol. The first-order valence-corrected chi connectivity index (χ1v) is 15.6. The zero-order valence-corrected chi connectivity index (χ0v) is 29.4. The first kappa shape index (κ1) is 39.8. The van der Waals surface area contributed by atoms with Crippen LogP contribution in [0.2, 0.25) is 0 Å². The molecule has 0 spiro atoms. The summed E-state index contributed by atoms with van der Waals surface area (Å²) in [6.07, 6.45) is 0. The fraction of sp³-hybridized carbons (Fsp3) is 0.625. The molecule has 0 atom stereocenters. The Bertz CT molecular complexity index is 1060. The summed E-state index contributed by atoms with van der Waals surface area (Å²) < 4.78 is 0. The molecule has 6 nitrogen and oxygen atoms in total. The average molecular weight is 654 g/mol. The van der Waals surface area contributed by atoms with Crippen molar-refractivity contribution in [3.05, 3.63) is 34.4 Å². The second kappa shape index (κ2) is 15.0. The predicted octanol–water partition coefficient (Wildman–Crippen LogP) is 6.29. The van der Waals surface area contributed by atoms with Crippen molar-refractivity contribution in [1.82, 2.24) is 0 Å². The Morgan fingerprint density at radius 1 is 0.537 bits per heavy atom. The molecule has 0 saturated carbocycles. The van der Waals surface area contributed by atoms with Crippen molar-refractivity contribution in [2.45, 2.75) is 115 Å². The van der Waals surface area contributed by atoms with Crippen LogP contribution in [0, 0.1) is 0 Å². The summed E-state index contributed by atoms with van der Waals surface area (Å²) >= 11 is 2.67. The zero-order chi connectivity index (χ0) is 31.4. The first-order chi connectivity index (χ1) is 18.0. The number of aromatic hydroxyl groups is 2. The van der Waals surface area contributed by atoms with E-state index in [1.165, 1.54) is 23.5 Å². The number of aliphatic hydroxyl groups excluding tert-OH is 2. The topological polar surface area (TPSA) is 127 Å². The number of phenolic OH excluding ortho intramolecular Hbond substituents is 2. The summed E-state index contributed by atoms with van der Waals surface area (Å²) in [5.41, 5.74) is 2.20. The minimum atomic E-state index is -0.311. The van der Waals surface area contributed by atoms with Crippen LogP contribution in [0.3, 0.4) is 0 Å². The maximum atomic E-state index is 12.4. The molecule has 0 aliphatic heterocycles. The largest absolute Gasteiger partial charge is 2.00 e. The SMILES string of the molecule is CC(C)(C)c1cc(C(C)(C)C)c(SCCO)c(O)c1[O-].CC(C)(C)c1cc(C(C)(C)C)c(SCCO)c(O)c1[O-].[Co+2]. The molecule has 41 heavy (non-hydrogen) atoms. The Hall–Kier alpha value is -1.23. The van der Waals surface area contributed by atoms with E-state index in [1.54, 1.807) is 0 Å². The van der Waals surface area contributed by atoms with Gasteiger partial charge in [-0.3, -0.25) is 0 Å². The smallest absolute Gasteiger partial charge is 0.870 e. The van der Waals surface area contributed by atoms with Crippen LogP contribution in [0.25, 0.3) is 0 Å². The quantitative estimate of drug-likeness (QED) is 0.268. The Morgan fingerprint density at radius 2 is 0.780 bits per heavy atom. The third-order valence-electron chi connectivity index (χ3n) is 6.32. The monoisotopic (exact) mass is 653 g/mol. The van der Waals surface area contributed by atoms with Gasteiger partial charge in [-0.15, -0.1) is 23.5 Å². The van der Waals surface area contributed by atoms with Crippen molar-refractivity contribution >= 4 is 23.5 Å². The fourth-order valence-corrected chi connectivity index (χ4v) is 6.17. The zero-order valence-electron chi connectivity index (χ0n) is 26.7. The third kappa shape index (κ3) is 10.5. The molecular formula is C32H50CoO6S2. The molecule has 0 aliphatic carbocycles. The standard InChI is InChI=1S/2C16H26O3S.Co/c2*1-15(2,3)10-9-11(16(4,5)6)14(20-8-7-17)13(19)12(10)18;/h2*9,17-19H,7-8H2,1-6H3;/q;;+2/p-2. The molecule has 2 aromatic rings. The van der Waals surface area contributed by atoms with E-state index < -0.39 is 0 Å². The van der Waals surface area contributed by atoms with Crippen LogP contribution < -0.4 is 10.2 Å². The molecule has 2 rings (SSSR count). The van der Waals surface area contributed by atoms with Gasteiger partial charge in [0.1, 0.15) is 11.5 Å². The normalized spacial score (nSPS) is 12.4. The molecule has 0 saturated heterocycles. The van der Waals surface area contributed by atoms with E-state index in [-0.39, 0.29) is 74.7 Å². The molecule has 0 aliphatic rings. The molecular weight excluding hydrogens is 603 g/mol. The van der Waals surface area contributed by atoms with Gasteiger partial charge in [-0.05, 0) is 43.9 Å². The molecule has 9 heteroatoms. The van der Waals surface area contributed by atoms with Gasteiger partial charge in [0.05, 0.1) is 23.0 Å². The van der Waals surface area contributed by atoms with E-state index in [9.17, 15) is 20.4 Å². The van der Waals surface area contributed by atoms with E-state index in [4.69, 9.17) is 10.2 Å². The van der Waals surface area contributed by atoms with Gasteiger partial charge in [-0.2, -0.15) is 0 Å². The molecule has 0 amide bonds. The summed E-state index contributed by atoms with van der Waals surface area (Å²) in [6, 6.07) is 3.84. The van der Waals surface area contributed by atoms with Gasteiger partial charge in [0, 0.05) is 11.5 Å². The molecule has 1 radical (unpaired) electrons. The second-order valence-corrected chi connectivity index (χ2v) is 16.3. The van der Waals surface area contributed by atoms with Gasteiger partial charge in [-0.25, -0.2) is 0 Å². The van der Waals surface area contributed by atoms with Gasteiger partial charge < -0.3 is 30.6 Å². The summed E-state index contributed by atoms with van der Waals surface area (Å²) in [7, 11) is 0. The number of hydrogen-bond donors (Lipinski definition) is 4.